The van der Waals surface area contributed by atoms with Crippen LogP contribution >= 0.6 is 46.1 Å². The maximum Gasteiger partial charge on any atom is 0.466 e. The van der Waals surface area contributed by atoms with Crippen LogP contribution in [0.25, 0.3) is 0 Å². The number of nitrogens with two attached hydrogens (primary N) is 1. The van der Waals surface area contributed by atoms with Crippen LogP contribution in [-0.4, -0.2) is 93.8 Å². The average Bonchev–Trinajstić information content (AvgIpc) is 2.81. The molecule has 0 amide bonds. The van der Waals surface area contributed by atoms with Gasteiger partial charge >= 0.3 is 29.2 Å². The number of rotatable bonds is 2. The van der Waals surface area contributed by atoms with Gasteiger partial charge in [-0.1, -0.05) is 0 Å². The van der Waals surface area contributed by atoms with Crippen LogP contribution in [0, 0.1) is 3.57 Å². The van der Waals surface area contributed by atoms with Gasteiger partial charge in [0.25, 0.3) is 0 Å². The Morgan fingerprint density at radius 3 is 1.61 bits per heavy atom. The van der Waals surface area contributed by atoms with Crippen LogP contribution in [0.5, 0.6) is 0 Å². The molecule has 1 aromatic rings. The Bertz CT molecular complexity index is 869. The van der Waals surface area contributed by atoms with Crippen LogP contribution in [0.4, 0.5) is 5.82 Å². The van der Waals surface area contributed by atoms with Gasteiger partial charge in [-0.2, -0.15) is 4.98 Å². The Hall–Kier alpha value is -0.420. The molecule has 20 nitrogen and oxygen atoms in total. The van der Waals surface area contributed by atoms with Crippen LogP contribution in [0.1, 0.15) is 6.23 Å². The van der Waals surface area contributed by atoms with Crippen molar-refractivity contribution in [2.75, 3.05) is 12.3 Å². The maximum absolute atomic E-state index is 11.7. The van der Waals surface area contributed by atoms with Crippen molar-refractivity contribution in [3.8, 4) is 0 Å². The van der Waals surface area contributed by atoms with Gasteiger partial charge in [0.05, 0.1) is 10.2 Å². The lowest BCUT2D eigenvalue weighted by Gasteiger charge is -2.17. The number of nitrogens with zero attached hydrogens (tertiary/aromatic N) is 2. The second kappa shape index (κ2) is 14.2. The lowest BCUT2D eigenvalue weighted by atomic mass is 10.1. The predicted octanol–water partition coefficient (Wildman–Crippen LogP) is -4.74. The number of aliphatic hydroxyl groups is 3. The quantitative estimate of drug-likeness (QED) is 0.104. The SMILES string of the molecule is Nc1nc(=O)n([C@@H]2O[C@H](CO)[C@@H](O)[C@H]2O)cc1I.O=P(O)(O)O.O=P(O)(O)O.O=P(O)(O)O. The largest absolute Gasteiger partial charge is 0.466 e. The number of aromatic nitrogens is 2. The van der Waals surface area contributed by atoms with Crippen molar-refractivity contribution < 1.29 is 77.8 Å². The summed E-state index contributed by atoms with van der Waals surface area (Å²) in [6, 6.07) is 0. The Morgan fingerprint density at radius 2 is 1.30 bits per heavy atom. The van der Waals surface area contributed by atoms with E-state index in [1.165, 1.54) is 6.20 Å². The zero-order valence-corrected chi connectivity index (χ0v) is 20.5. The monoisotopic (exact) mass is 663 g/mol. The molecule has 0 saturated carbocycles. The van der Waals surface area contributed by atoms with E-state index in [2.05, 4.69) is 4.98 Å². The summed E-state index contributed by atoms with van der Waals surface area (Å²) in [5.74, 6) is 0.0867. The topological polar surface area (TPSA) is 364 Å². The number of hydrogen-bond acceptors (Lipinski definition) is 10. The first-order valence-corrected chi connectivity index (χ1v) is 13.2. The summed E-state index contributed by atoms with van der Waals surface area (Å²) in [5, 5.41) is 28.4. The summed E-state index contributed by atoms with van der Waals surface area (Å²) in [6.45, 7) is -0.455. The lowest BCUT2D eigenvalue weighted by molar-refractivity contribution is -0.0550. The van der Waals surface area contributed by atoms with Crippen molar-refractivity contribution in [2.24, 2.45) is 0 Å². The lowest BCUT2D eigenvalue weighted by Crippen LogP contribution is -2.36. The minimum absolute atomic E-state index is 0.0867. The van der Waals surface area contributed by atoms with Crippen LogP contribution in [0.15, 0.2) is 11.0 Å². The molecular weight excluding hydrogens is 642 g/mol. The normalized spacial score (nSPS) is 22.7. The molecule has 0 aromatic carbocycles. The molecule has 0 bridgehead atoms. The molecule has 0 unspecified atom stereocenters. The van der Waals surface area contributed by atoms with Crippen LogP contribution in [0.2, 0.25) is 0 Å². The molecule has 1 aliphatic rings. The average molecular weight is 663 g/mol. The molecule has 0 spiro atoms. The summed E-state index contributed by atoms with van der Waals surface area (Å²) in [5.41, 5.74) is 4.79. The smallest absolute Gasteiger partial charge is 0.394 e. The summed E-state index contributed by atoms with van der Waals surface area (Å²) >= 11 is 1.88. The molecule has 4 atom stereocenters. The van der Waals surface area contributed by atoms with Crippen molar-refractivity contribution in [1.29, 1.82) is 0 Å². The fourth-order valence-corrected chi connectivity index (χ4v) is 2.17. The van der Waals surface area contributed by atoms with Crippen molar-refractivity contribution in [1.82, 2.24) is 9.55 Å². The summed E-state index contributed by atoms with van der Waals surface area (Å²) in [6.07, 6.45) is -3.23. The van der Waals surface area contributed by atoms with Crippen molar-refractivity contribution in [3.63, 3.8) is 0 Å². The second-order valence-electron chi connectivity index (χ2n) is 5.43. The van der Waals surface area contributed by atoms with Crippen LogP contribution in [-0.2, 0) is 18.4 Å². The molecule has 2 heterocycles. The Morgan fingerprint density at radius 1 is 0.939 bits per heavy atom. The third kappa shape index (κ3) is 19.6. The molecule has 14 N–H and O–H groups in total. The zero-order valence-electron chi connectivity index (χ0n) is 15.7. The molecule has 1 fully saturated rings. The van der Waals surface area contributed by atoms with Crippen LogP contribution in [0.3, 0.4) is 0 Å². The van der Waals surface area contributed by atoms with Crippen molar-refractivity contribution >= 4 is 51.9 Å². The molecule has 1 saturated heterocycles. The summed E-state index contributed by atoms with van der Waals surface area (Å²) in [4.78, 5) is 79.9. The standard InChI is InChI=1S/C9H12IN3O5.3H3O4P/c10-3-1-13(9(17)12-7(3)11)8-6(16)5(15)4(2-14)18-8;3*1-5(2,3)4/h1,4-6,8,14-16H,2H2,(H2,11,12,17);3*(H3,1,2,3,4)/t4-,5-,6-,8-;;;/m1.../s1. The van der Waals surface area contributed by atoms with Gasteiger partial charge in [0.15, 0.2) is 6.23 Å². The van der Waals surface area contributed by atoms with Gasteiger partial charge in [0.2, 0.25) is 0 Å². The molecule has 2 rings (SSSR count). The molecule has 0 radical (unpaired) electrons. The molecule has 33 heavy (non-hydrogen) atoms. The number of phosphoric acid groups is 3. The highest BCUT2D eigenvalue weighted by Crippen LogP contribution is 2.29. The van der Waals surface area contributed by atoms with Gasteiger partial charge < -0.3 is 69.8 Å². The van der Waals surface area contributed by atoms with E-state index in [-0.39, 0.29) is 5.82 Å². The molecule has 24 heteroatoms. The van der Waals surface area contributed by atoms with E-state index < -0.39 is 60.3 Å². The van der Waals surface area contributed by atoms with Crippen LogP contribution < -0.4 is 11.4 Å². The molecule has 196 valence electrons. The fourth-order valence-electron chi connectivity index (χ4n) is 1.75. The van der Waals surface area contributed by atoms with E-state index in [1.54, 1.807) is 0 Å². The van der Waals surface area contributed by atoms with E-state index in [9.17, 15) is 15.0 Å². The number of anilines is 1. The van der Waals surface area contributed by atoms with E-state index in [1.807, 2.05) is 22.6 Å². The van der Waals surface area contributed by atoms with E-state index in [0.717, 1.165) is 4.57 Å². The maximum atomic E-state index is 11.7. The third-order valence-electron chi connectivity index (χ3n) is 2.73. The number of ether oxygens (including phenoxy) is 1. The van der Waals surface area contributed by atoms with E-state index >= 15 is 0 Å². The van der Waals surface area contributed by atoms with Gasteiger partial charge in [-0.15, -0.1) is 0 Å². The Kier molecular flexibility index (Phi) is 15.0. The second-order valence-corrected chi connectivity index (χ2v) is 9.67. The van der Waals surface area contributed by atoms with Crippen molar-refractivity contribution in [3.05, 3.63) is 20.3 Å². The highest BCUT2D eigenvalue weighted by Gasteiger charge is 2.43. The highest BCUT2D eigenvalue weighted by molar-refractivity contribution is 14.1. The van der Waals surface area contributed by atoms with E-state index in [4.69, 9.17) is 73.3 Å². The molecule has 0 aliphatic carbocycles. The zero-order chi connectivity index (χ0) is 26.9. The first-order chi connectivity index (χ1) is 14.5. The number of hydrogen-bond donors (Lipinski definition) is 13. The minimum Gasteiger partial charge on any atom is -0.394 e. The minimum atomic E-state index is -4.64. The van der Waals surface area contributed by atoms with E-state index in [0.29, 0.717) is 3.57 Å². The molecule has 1 aliphatic heterocycles. The number of nitrogen functional groups attached to an aromatic ring is 1. The summed E-state index contributed by atoms with van der Waals surface area (Å²) in [7, 11) is -13.9. The number of aliphatic hydroxyl groups excluding tert-OH is 3. The third-order valence-corrected chi connectivity index (χ3v) is 3.56. The Labute approximate surface area is 196 Å². The highest BCUT2D eigenvalue weighted by atomic mass is 127. The first-order valence-electron chi connectivity index (χ1n) is 7.47. The predicted molar refractivity (Wildman–Crippen MR) is 111 cm³/mol. The molecule has 1 aromatic heterocycles. The van der Waals surface area contributed by atoms with Crippen molar-refractivity contribution in [2.45, 2.75) is 24.5 Å². The van der Waals surface area contributed by atoms with Gasteiger partial charge in [-0.05, 0) is 22.6 Å². The van der Waals surface area contributed by atoms with Gasteiger partial charge in [0.1, 0.15) is 24.1 Å². The van der Waals surface area contributed by atoms with Gasteiger partial charge in [-0.25, -0.2) is 18.5 Å². The first kappa shape index (κ1) is 34.7. The van der Waals surface area contributed by atoms with Gasteiger partial charge in [0, 0.05) is 6.20 Å². The van der Waals surface area contributed by atoms with Gasteiger partial charge in [-0.3, -0.25) is 4.57 Å². The molecular formula is C9H21IN3O17P3. The number of halogens is 1. The Balaban J connectivity index is 0. The summed E-state index contributed by atoms with van der Waals surface area (Å²) < 4.78 is 33.4. The fraction of sp³-hybridized carbons (Fsp3) is 0.556.